The molecule has 1 aliphatic heterocycles. The maximum Gasteiger partial charge on any atom is 0.244 e. The highest BCUT2D eigenvalue weighted by atomic mass is 35.5. The number of piperidine rings is 1. The molecule has 0 saturated carbocycles. The van der Waals surface area contributed by atoms with Crippen molar-refractivity contribution in [3.63, 3.8) is 0 Å². The SMILES string of the molecule is COc1ccccc1NC(=O)[C@H]1CCCN(S(=O)(=O)c2cc(Cl)ccc2Cl)C1. The van der Waals surface area contributed by atoms with Gasteiger partial charge in [-0.25, -0.2) is 8.42 Å². The summed E-state index contributed by atoms with van der Waals surface area (Å²) in [5.41, 5.74) is 0.549. The predicted octanol–water partition coefficient (Wildman–Crippen LogP) is 4.04. The van der Waals surface area contributed by atoms with Gasteiger partial charge in [0, 0.05) is 18.1 Å². The molecule has 1 saturated heterocycles. The van der Waals surface area contributed by atoms with Crippen LogP contribution in [-0.4, -0.2) is 38.8 Å². The second-order valence-corrected chi connectivity index (χ2v) is 9.22. The first kappa shape index (κ1) is 20.9. The molecule has 6 nitrogen and oxygen atoms in total. The van der Waals surface area contributed by atoms with Crippen molar-refractivity contribution in [1.82, 2.24) is 4.31 Å². The van der Waals surface area contributed by atoms with Crippen LogP contribution in [0.3, 0.4) is 0 Å². The molecule has 1 atom stereocenters. The lowest BCUT2D eigenvalue weighted by Crippen LogP contribution is -2.43. The molecule has 1 aliphatic rings. The van der Waals surface area contributed by atoms with Gasteiger partial charge in [0.25, 0.3) is 0 Å². The van der Waals surface area contributed by atoms with E-state index in [0.29, 0.717) is 30.8 Å². The molecule has 0 spiro atoms. The van der Waals surface area contributed by atoms with Gasteiger partial charge in [-0.2, -0.15) is 4.31 Å². The van der Waals surface area contributed by atoms with E-state index in [2.05, 4.69) is 5.32 Å². The van der Waals surface area contributed by atoms with Gasteiger partial charge in [0.2, 0.25) is 15.9 Å². The van der Waals surface area contributed by atoms with E-state index in [4.69, 9.17) is 27.9 Å². The highest BCUT2D eigenvalue weighted by Gasteiger charge is 2.34. The number of benzene rings is 2. The van der Waals surface area contributed by atoms with Crippen molar-refractivity contribution >= 4 is 44.8 Å². The minimum Gasteiger partial charge on any atom is -0.495 e. The fourth-order valence-corrected chi connectivity index (χ4v) is 5.43. The van der Waals surface area contributed by atoms with Crippen molar-refractivity contribution in [3.8, 4) is 5.75 Å². The molecule has 9 heteroatoms. The van der Waals surface area contributed by atoms with E-state index in [1.54, 1.807) is 24.3 Å². The molecule has 0 radical (unpaired) electrons. The van der Waals surface area contributed by atoms with Gasteiger partial charge in [0.1, 0.15) is 10.6 Å². The van der Waals surface area contributed by atoms with Crippen molar-refractivity contribution in [2.45, 2.75) is 17.7 Å². The molecule has 3 rings (SSSR count). The predicted molar refractivity (Wildman–Crippen MR) is 110 cm³/mol. The first-order valence-electron chi connectivity index (χ1n) is 8.72. The number of amides is 1. The topological polar surface area (TPSA) is 75.7 Å². The number of para-hydroxylation sites is 2. The molecule has 0 bridgehead atoms. The van der Waals surface area contributed by atoms with Crippen molar-refractivity contribution in [1.29, 1.82) is 0 Å². The lowest BCUT2D eigenvalue weighted by Gasteiger charge is -2.31. The second-order valence-electron chi connectivity index (χ2n) is 6.47. The van der Waals surface area contributed by atoms with E-state index in [1.165, 1.54) is 29.6 Å². The van der Waals surface area contributed by atoms with Gasteiger partial charge in [-0.1, -0.05) is 35.3 Å². The van der Waals surface area contributed by atoms with Gasteiger partial charge in [-0.3, -0.25) is 4.79 Å². The Morgan fingerprint density at radius 1 is 1.21 bits per heavy atom. The molecule has 1 amide bonds. The maximum atomic E-state index is 13.0. The van der Waals surface area contributed by atoms with Crippen LogP contribution in [0.1, 0.15) is 12.8 Å². The normalized spacial score (nSPS) is 17.9. The van der Waals surface area contributed by atoms with Crippen LogP contribution in [0.5, 0.6) is 5.75 Å². The minimum absolute atomic E-state index is 0.0487. The number of nitrogens with zero attached hydrogens (tertiary/aromatic N) is 1. The molecule has 28 heavy (non-hydrogen) atoms. The molecular weight excluding hydrogens is 423 g/mol. The fraction of sp³-hybridized carbons (Fsp3) is 0.316. The van der Waals surface area contributed by atoms with Crippen molar-refractivity contribution in [2.75, 3.05) is 25.5 Å². The van der Waals surface area contributed by atoms with Crippen LogP contribution in [0.25, 0.3) is 0 Å². The van der Waals surface area contributed by atoms with Crippen LogP contribution >= 0.6 is 23.2 Å². The van der Waals surface area contributed by atoms with E-state index < -0.39 is 15.9 Å². The van der Waals surface area contributed by atoms with Crippen LogP contribution in [0, 0.1) is 5.92 Å². The number of hydrogen-bond donors (Lipinski definition) is 1. The van der Waals surface area contributed by atoms with Gasteiger partial charge < -0.3 is 10.1 Å². The molecule has 2 aromatic rings. The minimum atomic E-state index is -3.86. The molecule has 2 aromatic carbocycles. The van der Waals surface area contributed by atoms with Crippen molar-refractivity contribution < 1.29 is 17.9 Å². The number of anilines is 1. The lowest BCUT2D eigenvalue weighted by molar-refractivity contribution is -0.120. The Hall–Kier alpha value is -1.80. The first-order chi connectivity index (χ1) is 13.3. The summed E-state index contributed by atoms with van der Waals surface area (Å²) in [4.78, 5) is 12.7. The molecule has 0 aromatic heterocycles. The zero-order valence-corrected chi connectivity index (χ0v) is 17.5. The van der Waals surface area contributed by atoms with Gasteiger partial charge in [0.15, 0.2) is 0 Å². The summed E-state index contributed by atoms with van der Waals surface area (Å²) >= 11 is 12.0. The van der Waals surface area contributed by atoms with E-state index in [0.717, 1.165) is 0 Å². The summed E-state index contributed by atoms with van der Waals surface area (Å²) in [5.74, 6) is -0.185. The van der Waals surface area contributed by atoms with E-state index in [1.807, 2.05) is 0 Å². The Bertz CT molecular complexity index is 982. The molecular formula is C19H20Cl2N2O4S. The summed E-state index contributed by atoms with van der Waals surface area (Å²) in [6.45, 7) is 0.399. The largest absolute Gasteiger partial charge is 0.495 e. The average molecular weight is 443 g/mol. The maximum absolute atomic E-state index is 13.0. The zero-order chi connectivity index (χ0) is 20.3. The van der Waals surface area contributed by atoms with E-state index in [9.17, 15) is 13.2 Å². The highest BCUT2D eigenvalue weighted by molar-refractivity contribution is 7.89. The number of halogens is 2. The summed E-state index contributed by atoms with van der Waals surface area (Å²) < 4.78 is 32.6. The van der Waals surface area contributed by atoms with Crippen LogP contribution < -0.4 is 10.1 Å². The second kappa shape index (κ2) is 8.69. The van der Waals surface area contributed by atoms with Gasteiger partial charge >= 0.3 is 0 Å². The summed E-state index contributed by atoms with van der Waals surface area (Å²) in [5, 5.41) is 3.22. The first-order valence-corrected chi connectivity index (χ1v) is 10.9. The Labute approximate surface area is 174 Å². The number of methoxy groups -OCH3 is 1. The molecule has 1 heterocycles. The molecule has 0 unspecified atom stereocenters. The van der Waals surface area contributed by atoms with Gasteiger partial charge in [-0.05, 0) is 43.2 Å². The smallest absolute Gasteiger partial charge is 0.244 e. The molecule has 150 valence electrons. The fourth-order valence-electron chi connectivity index (χ4n) is 3.17. The summed E-state index contributed by atoms with van der Waals surface area (Å²) in [7, 11) is -2.33. The number of hydrogen-bond acceptors (Lipinski definition) is 4. The molecule has 1 N–H and O–H groups in total. The third-order valence-corrected chi connectivity index (χ3v) is 7.21. The average Bonchev–Trinajstić information content (AvgIpc) is 2.70. The Morgan fingerprint density at radius 2 is 1.96 bits per heavy atom. The highest BCUT2D eigenvalue weighted by Crippen LogP contribution is 2.31. The van der Waals surface area contributed by atoms with E-state index in [-0.39, 0.29) is 27.4 Å². The summed E-state index contributed by atoms with van der Waals surface area (Å²) in [6.07, 6.45) is 1.16. The number of sulfonamides is 1. The van der Waals surface area contributed by atoms with E-state index >= 15 is 0 Å². The standard InChI is InChI=1S/C19H20Cl2N2O4S/c1-27-17-7-3-2-6-16(17)22-19(24)13-5-4-10-23(12-13)28(25,26)18-11-14(20)8-9-15(18)21/h2-3,6-9,11,13H,4-5,10,12H2,1H3,(H,22,24)/t13-/m0/s1. The number of rotatable bonds is 5. The van der Waals surface area contributed by atoms with Crippen molar-refractivity contribution in [2.24, 2.45) is 5.92 Å². The van der Waals surface area contributed by atoms with Crippen LogP contribution in [0.15, 0.2) is 47.4 Å². The van der Waals surface area contributed by atoms with Gasteiger partial charge in [0.05, 0.1) is 23.7 Å². The van der Waals surface area contributed by atoms with Gasteiger partial charge in [-0.15, -0.1) is 0 Å². The Balaban J connectivity index is 1.78. The number of ether oxygens (including phenoxy) is 1. The Morgan fingerprint density at radius 3 is 2.71 bits per heavy atom. The lowest BCUT2D eigenvalue weighted by atomic mass is 9.98. The third-order valence-electron chi connectivity index (χ3n) is 4.63. The van der Waals surface area contributed by atoms with Crippen LogP contribution in [0.4, 0.5) is 5.69 Å². The number of nitrogens with one attached hydrogen (secondary N) is 1. The third kappa shape index (κ3) is 4.43. The van der Waals surface area contributed by atoms with Crippen LogP contribution in [0.2, 0.25) is 10.0 Å². The van der Waals surface area contributed by atoms with Crippen molar-refractivity contribution in [3.05, 3.63) is 52.5 Å². The zero-order valence-electron chi connectivity index (χ0n) is 15.2. The molecule has 0 aliphatic carbocycles. The summed E-state index contributed by atoms with van der Waals surface area (Å²) in [6, 6.07) is 11.4. The van der Waals surface area contributed by atoms with Crippen LogP contribution in [-0.2, 0) is 14.8 Å². The quantitative estimate of drug-likeness (QED) is 0.757. The monoisotopic (exact) mass is 442 g/mol. The Kier molecular flexibility index (Phi) is 6.50. The molecule has 1 fully saturated rings. The number of carbonyl (C=O) groups is 1. The number of carbonyl (C=O) groups excluding carboxylic acids is 1.